The van der Waals surface area contributed by atoms with Crippen LogP contribution in [0.2, 0.25) is 0 Å². The van der Waals surface area contributed by atoms with Crippen LogP contribution < -0.4 is 5.32 Å². The van der Waals surface area contributed by atoms with E-state index in [1.54, 1.807) is 18.7 Å². The highest BCUT2D eigenvalue weighted by Crippen LogP contribution is 2.38. The second-order valence-electron chi connectivity index (χ2n) is 8.88. The zero-order valence-electron chi connectivity index (χ0n) is 21.0. The van der Waals surface area contributed by atoms with Crippen LogP contribution in [0, 0.1) is 0 Å². The predicted octanol–water partition coefficient (Wildman–Crippen LogP) is 3.20. The van der Waals surface area contributed by atoms with Gasteiger partial charge >= 0.3 is 12.1 Å². The molecule has 0 spiro atoms. The number of nitrogens with zero attached hydrogens (tertiary/aromatic N) is 3. The molecule has 2 aromatic rings. The number of carbonyl (C=O) groups excluding carboxylic acids is 3. The molecule has 3 heterocycles. The Morgan fingerprint density at radius 3 is 2.36 bits per heavy atom. The SMILES string of the molecule is CCOC(=O)c1c(NC(=O)CN2CCN(C(=O)OCC)CC2)sc2c1CCN(Cc1ccccc1)C2. The quantitative estimate of drug-likeness (QED) is 0.541. The Balaban J connectivity index is 1.41. The van der Waals surface area contributed by atoms with Gasteiger partial charge in [-0.3, -0.25) is 14.6 Å². The number of esters is 1. The Labute approximate surface area is 215 Å². The van der Waals surface area contributed by atoms with Gasteiger partial charge in [-0.25, -0.2) is 9.59 Å². The van der Waals surface area contributed by atoms with Crippen LogP contribution in [0.1, 0.15) is 40.2 Å². The summed E-state index contributed by atoms with van der Waals surface area (Å²) in [5, 5.41) is 3.55. The lowest BCUT2D eigenvalue weighted by Crippen LogP contribution is -2.50. The fourth-order valence-corrected chi connectivity index (χ4v) is 5.91. The zero-order valence-corrected chi connectivity index (χ0v) is 21.8. The average Bonchev–Trinajstić information content (AvgIpc) is 3.22. The molecule has 1 N–H and O–H groups in total. The molecular formula is C26H34N4O5S. The zero-order chi connectivity index (χ0) is 25.5. The van der Waals surface area contributed by atoms with Gasteiger partial charge < -0.3 is 19.7 Å². The summed E-state index contributed by atoms with van der Waals surface area (Å²) in [6.45, 7) is 9.01. The van der Waals surface area contributed by atoms with Crippen LogP contribution in [0.3, 0.4) is 0 Å². The Bertz CT molecular complexity index is 1070. The fraction of sp³-hybridized carbons (Fsp3) is 0.500. The van der Waals surface area contributed by atoms with Gasteiger partial charge in [-0.05, 0) is 31.4 Å². The largest absolute Gasteiger partial charge is 0.462 e. The highest BCUT2D eigenvalue weighted by atomic mass is 32.1. The van der Waals surface area contributed by atoms with Gasteiger partial charge in [-0.15, -0.1) is 11.3 Å². The molecule has 0 aliphatic carbocycles. The number of nitrogens with one attached hydrogen (secondary N) is 1. The van der Waals surface area contributed by atoms with Crippen LogP contribution in [-0.4, -0.2) is 85.2 Å². The van der Waals surface area contributed by atoms with Crippen LogP contribution in [0.4, 0.5) is 9.80 Å². The first-order chi connectivity index (χ1) is 17.5. The van der Waals surface area contributed by atoms with Crippen molar-refractivity contribution in [2.75, 3.05) is 57.8 Å². The molecule has 2 amide bonds. The highest BCUT2D eigenvalue weighted by Gasteiger charge is 2.30. The van der Waals surface area contributed by atoms with E-state index in [-0.39, 0.29) is 31.1 Å². The number of rotatable bonds is 8. The third-order valence-corrected chi connectivity index (χ3v) is 7.52. The second-order valence-corrected chi connectivity index (χ2v) is 9.99. The van der Waals surface area contributed by atoms with E-state index in [9.17, 15) is 14.4 Å². The number of benzene rings is 1. The average molecular weight is 515 g/mol. The van der Waals surface area contributed by atoms with E-state index in [1.165, 1.54) is 16.9 Å². The molecule has 10 heteroatoms. The van der Waals surface area contributed by atoms with Crippen molar-refractivity contribution in [3.05, 3.63) is 51.9 Å². The van der Waals surface area contributed by atoms with Crippen LogP contribution in [-0.2, 0) is 33.8 Å². The van der Waals surface area contributed by atoms with E-state index in [0.717, 1.165) is 36.5 Å². The summed E-state index contributed by atoms with van der Waals surface area (Å²) < 4.78 is 10.4. The maximum absolute atomic E-state index is 12.9. The number of anilines is 1. The van der Waals surface area contributed by atoms with Crippen LogP contribution in [0.15, 0.2) is 30.3 Å². The highest BCUT2D eigenvalue weighted by molar-refractivity contribution is 7.17. The minimum atomic E-state index is -0.384. The normalized spacial score (nSPS) is 16.3. The van der Waals surface area contributed by atoms with Crippen molar-refractivity contribution in [2.45, 2.75) is 33.4 Å². The summed E-state index contributed by atoms with van der Waals surface area (Å²) >= 11 is 1.47. The van der Waals surface area contributed by atoms with Crippen molar-refractivity contribution < 1.29 is 23.9 Å². The molecule has 1 aromatic carbocycles. The topological polar surface area (TPSA) is 91.4 Å². The first kappa shape index (κ1) is 26.1. The molecule has 1 fully saturated rings. The van der Waals surface area contributed by atoms with Crippen LogP contribution >= 0.6 is 11.3 Å². The molecule has 4 rings (SSSR count). The van der Waals surface area contributed by atoms with Crippen LogP contribution in [0.5, 0.6) is 0 Å². The second kappa shape index (κ2) is 12.3. The molecule has 36 heavy (non-hydrogen) atoms. The van der Waals surface area contributed by atoms with E-state index >= 15 is 0 Å². The molecule has 2 aliphatic heterocycles. The van der Waals surface area contributed by atoms with Gasteiger partial charge in [0.25, 0.3) is 0 Å². The molecule has 0 unspecified atom stereocenters. The van der Waals surface area contributed by atoms with E-state index < -0.39 is 0 Å². The van der Waals surface area contributed by atoms with Gasteiger partial charge in [0.1, 0.15) is 5.00 Å². The maximum Gasteiger partial charge on any atom is 0.409 e. The first-order valence-electron chi connectivity index (χ1n) is 12.5. The van der Waals surface area contributed by atoms with Crippen molar-refractivity contribution in [1.29, 1.82) is 0 Å². The lowest BCUT2D eigenvalue weighted by Gasteiger charge is -2.33. The number of ether oxygens (including phenoxy) is 2. The molecule has 1 saturated heterocycles. The molecule has 0 saturated carbocycles. The molecule has 0 radical (unpaired) electrons. The van der Waals surface area contributed by atoms with E-state index in [0.29, 0.717) is 43.4 Å². The number of carbonyl (C=O) groups is 3. The third kappa shape index (κ3) is 6.43. The molecule has 0 bridgehead atoms. The van der Waals surface area contributed by atoms with E-state index in [4.69, 9.17) is 9.47 Å². The van der Waals surface area contributed by atoms with Gasteiger partial charge in [0.15, 0.2) is 0 Å². The Kier molecular flexibility index (Phi) is 8.95. The summed E-state index contributed by atoms with van der Waals surface area (Å²) in [7, 11) is 0. The molecular weight excluding hydrogens is 480 g/mol. The van der Waals surface area contributed by atoms with Gasteiger partial charge in [0, 0.05) is 50.7 Å². The Morgan fingerprint density at radius 2 is 1.67 bits per heavy atom. The Hall–Kier alpha value is -2.95. The van der Waals surface area contributed by atoms with E-state index in [1.807, 2.05) is 23.1 Å². The molecule has 1 aromatic heterocycles. The van der Waals surface area contributed by atoms with Gasteiger partial charge in [0.2, 0.25) is 5.91 Å². The van der Waals surface area contributed by atoms with Crippen molar-refractivity contribution in [3.8, 4) is 0 Å². The summed E-state index contributed by atoms with van der Waals surface area (Å²) in [6.07, 6.45) is 0.421. The minimum absolute atomic E-state index is 0.176. The lowest BCUT2D eigenvalue weighted by atomic mass is 10.0. The van der Waals surface area contributed by atoms with Crippen LogP contribution in [0.25, 0.3) is 0 Å². The molecule has 2 aliphatic rings. The minimum Gasteiger partial charge on any atom is -0.462 e. The monoisotopic (exact) mass is 514 g/mol. The van der Waals surface area contributed by atoms with Crippen molar-refractivity contribution in [3.63, 3.8) is 0 Å². The Morgan fingerprint density at radius 1 is 0.944 bits per heavy atom. The first-order valence-corrected chi connectivity index (χ1v) is 13.3. The predicted molar refractivity (Wildman–Crippen MR) is 138 cm³/mol. The number of amides is 2. The number of hydrogen-bond donors (Lipinski definition) is 1. The molecule has 194 valence electrons. The fourth-order valence-electron chi connectivity index (χ4n) is 4.61. The smallest absolute Gasteiger partial charge is 0.409 e. The third-order valence-electron chi connectivity index (χ3n) is 6.38. The molecule has 9 nitrogen and oxygen atoms in total. The summed E-state index contributed by atoms with van der Waals surface area (Å²) in [5.74, 6) is -0.560. The van der Waals surface area contributed by atoms with Gasteiger partial charge in [0.05, 0.1) is 25.3 Å². The summed E-state index contributed by atoms with van der Waals surface area (Å²) in [5.41, 5.74) is 2.73. The van der Waals surface area contributed by atoms with Crippen molar-refractivity contribution in [2.24, 2.45) is 0 Å². The van der Waals surface area contributed by atoms with Crippen molar-refractivity contribution in [1.82, 2.24) is 14.7 Å². The standard InChI is InChI=1S/C26H34N4O5S/c1-3-34-25(32)23-20-10-11-29(16-19-8-6-5-7-9-19)17-21(20)36-24(23)27-22(31)18-28-12-14-30(15-13-28)26(33)35-4-2/h5-9H,3-4,10-18H2,1-2H3,(H,27,31). The summed E-state index contributed by atoms with van der Waals surface area (Å²) in [6, 6.07) is 10.3. The lowest BCUT2D eigenvalue weighted by molar-refractivity contribution is -0.117. The number of hydrogen-bond acceptors (Lipinski definition) is 8. The van der Waals surface area contributed by atoms with Gasteiger partial charge in [-0.1, -0.05) is 30.3 Å². The number of thiophene rings is 1. The summed E-state index contributed by atoms with van der Waals surface area (Å²) in [4.78, 5) is 44.8. The van der Waals surface area contributed by atoms with Gasteiger partial charge in [-0.2, -0.15) is 0 Å². The maximum atomic E-state index is 12.9. The number of piperazine rings is 1. The van der Waals surface area contributed by atoms with Crippen molar-refractivity contribution >= 4 is 34.3 Å². The van der Waals surface area contributed by atoms with E-state index in [2.05, 4.69) is 22.3 Å². The number of fused-ring (bicyclic) bond motifs is 1. The molecule has 0 atom stereocenters.